The molecule has 0 amide bonds. The highest BCUT2D eigenvalue weighted by Crippen LogP contribution is 2.04. The van der Waals surface area contributed by atoms with Crippen LogP contribution in [0.25, 0.3) is 0 Å². The Labute approximate surface area is 59.0 Å². The highest BCUT2D eigenvalue weighted by Gasteiger charge is 1.89. The first kappa shape index (κ1) is 8.74. The van der Waals surface area contributed by atoms with Gasteiger partial charge in [-0.3, -0.25) is 0 Å². The monoisotopic (exact) mass is 125 g/mol. The normalized spacial score (nSPS) is 9.89. The molecular weight excluding hydrogens is 108 g/mol. The molecule has 0 nitrogen and oxygen atoms in total. The van der Waals surface area contributed by atoms with E-state index >= 15 is 0 Å². The van der Waals surface area contributed by atoms with Crippen molar-refractivity contribution in [1.29, 1.82) is 0 Å². The SMILES string of the molecule is CC(C)=C[CH]CC(C)C. The summed E-state index contributed by atoms with van der Waals surface area (Å²) in [6.07, 6.45) is 5.62. The van der Waals surface area contributed by atoms with E-state index < -0.39 is 0 Å². The maximum atomic E-state index is 2.24. The fourth-order valence-corrected chi connectivity index (χ4v) is 0.576. The van der Waals surface area contributed by atoms with Crippen molar-refractivity contribution >= 4 is 0 Å². The summed E-state index contributed by atoms with van der Waals surface area (Å²) in [6, 6.07) is 0. The van der Waals surface area contributed by atoms with Crippen molar-refractivity contribution in [2.75, 3.05) is 0 Å². The zero-order valence-electron chi connectivity index (χ0n) is 6.94. The summed E-state index contributed by atoms with van der Waals surface area (Å²) >= 11 is 0. The standard InChI is InChI=1S/C9H17/c1-8(2)6-5-7-9(3)4/h5-6,9H,7H2,1-4H3. The summed E-state index contributed by atoms with van der Waals surface area (Å²) in [5.74, 6) is 0.792. The predicted octanol–water partition coefficient (Wildman–Crippen LogP) is 3.20. The van der Waals surface area contributed by atoms with E-state index in [2.05, 4.69) is 40.2 Å². The lowest BCUT2D eigenvalue weighted by Gasteiger charge is -1.98. The quantitative estimate of drug-likeness (QED) is 0.543. The molecule has 0 rings (SSSR count). The van der Waals surface area contributed by atoms with Crippen molar-refractivity contribution in [3.05, 3.63) is 18.1 Å². The van der Waals surface area contributed by atoms with E-state index in [-0.39, 0.29) is 0 Å². The number of hydrogen-bond donors (Lipinski definition) is 0. The van der Waals surface area contributed by atoms with Gasteiger partial charge in [-0.25, -0.2) is 0 Å². The minimum absolute atomic E-state index is 0.792. The van der Waals surface area contributed by atoms with Crippen molar-refractivity contribution in [2.45, 2.75) is 34.1 Å². The van der Waals surface area contributed by atoms with E-state index in [0.29, 0.717) is 0 Å². The van der Waals surface area contributed by atoms with Gasteiger partial charge in [0.25, 0.3) is 0 Å². The molecule has 0 aliphatic carbocycles. The Kier molecular flexibility index (Phi) is 4.47. The molecular formula is C9H17. The van der Waals surface area contributed by atoms with E-state index in [1.54, 1.807) is 0 Å². The minimum atomic E-state index is 0.792. The average molecular weight is 125 g/mol. The first-order chi connectivity index (χ1) is 4.13. The van der Waals surface area contributed by atoms with Crippen LogP contribution in [0.2, 0.25) is 0 Å². The third-order valence-corrected chi connectivity index (χ3v) is 1.06. The van der Waals surface area contributed by atoms with Gasteiger partial charge in [-0.05, 0) is 32.6 Å². The van der Waals surface area contributed by atoms with Gasteiger partial charge in [0, 0.05) is 0 Å². The van der Waals surface area contributed by atoms with E-state index in [1.165, 1.54) is 12.0 Å². The number of allylic oxidation sites excluding steroid dienone is 2. The molecule has 1 radical (unpaired) electrons. The van der Waals surface area contributed by atoms with Gasteiger partial charge in [0.2, 0.25) is 0 Å². The molecule has 0 aliphatic heterocycles. The van der Waals surface area contributed by atoms with E-state index in [1.807, 2.05) is 0 Å². The average Bonchev–Trinajstić information content (AvgIpc) is 1.63. The second-order valence-corrected chi connectivity index (χ2v) is 3.11. The lowest BCUT2D eigenvalue weighted by atomic mass is 10.1. The molecule has 0 saturated carbocycles. The van der Waals surface area contributed by atoms with Gasteiger partial charge >= 0.3 is 0 Å². The van der Waals surface area contributed by atoms with Crippen LogP contribution in [0.1, 0.15) is 34.1 Å². The van der Waals surface area contributed by atoms with E-state index in [0.717, 1.165) is 5.92 Å². The second kappa shape index (κ2) is 4.60. The molecule has 0 saturated heterocycles. The first-order valence-electron chi connectivity index (χ1n) is 3.59. The molecule has 0 bridgehead atoms. The van der Waals surface area contributed by atoms with Crippen molar-refractivity contribution in [3.8, 4) is 0 Å². The Morgan fingerprint density at radius 3 is 2.22 bits per heavy atom. The molecule has 0 fully saturated rings. The van der Waals surface area contributed by atoms with Crippen LogP contribution in [0.5, 0.6) is 0 Å². The first-order valence-corrected chi connectivity index (χ1v) is 3.59. The molecule has 9 heavy (non-hydrogen) atoms. The summed E-state index contributed by atoms with van der Waals surface area (Å²) in [6.45, 7) is 8.71. The van der Waals surface area contributed by atoms with Crippen LogP contribution in [0.15, 0.2) is 11.6 Å². The summed E-state index contributed by atoms with van der Waals surface area (Å²) < 4.78 is 0. The smallest absolute Gasteiger partial charge is 0.0165 e. The third-order valence-electron chi connectivity index (χ3n) is 1.06. The zero-order valence-corrected chi connectivity index (χ0v) is 6.94. The Hall–Kier alpha value is -0.260. The summed E-state index contributed by atoms with van der Waals surface area (Å²) in [7, 11) is 0. The largest absolute Gasteiger partial charge is 0.0822 e. The van der Waals surface area contributed by atoms with Gasteiger partial charge in [-0.2, -0.15) is 0 Å². The maximum Gasteiger partial charge on any atom is -0.0165 e. The van der Waals surface area contributed by atoms with Crippen LogP contribution in [-0.4, -0.2) is 0 Å². The molecule has 0 aromatic heterocycles. The van der Waals surface area contributed by atoms with Crippen LogP contribution in [0.4, 0.5) is 0 Å². The molecule has 0 unspecified atom stereocenters. The highest BCUT2D eigenvalue weighted by atomic mass is 14.0. The lowest BCUT2D eigenvalue weighted by molar-refractivity contribution is 0.646. The van der Waals surface area contributed by atoms with Gasteiger partial charge in [0.05, 0.1) is 0 Å². The Morgan fingerprint density at radius 2 is 1.89 bits per heavy atom. The predicted molar refractivity (Wildman–Crippen MR) is 43.2 cm³/mol. The van der Waals surface area contributed by atoms with Crippen molar-refractivity contribution in [2.24, 2.45) is 5.92 Å². The molecule has 0 N–H and O–H groups in total. The highest BCUT2D eigenvalue weighted by molar-refractivity contribution is 5.02. The van der Waals surface area contributed by atoms with Gasteiger partial charge in [-0.1, -0.05) is 25.5 Å². The van der Waals surface area contributed by atoms with Crippen LogP contribution in [0.3, 0.4) is 0 Å². The van der Waals surface area contributed by atoms with Crippen LogP contribution in [-0.2, 0) is 0 Å². The van der Waals surface area contributed by atoms with Crippen LogP contribution in [0, 0.1) is 12.3 Å². The molecule has 0 aromatic rings. The lowest BCUT2D eigenvalue weighted by Crippen LogP contribution is -1.84. The topological polar surface area (TPSA) is 0 Å². The fourth-order valence-electron chi connectivity index (χ4n) is 0.576. The maximum absolute atomic E-state index is 2.24. The molecule has 0 aromatic carbocycles. The molecule has 0 aliphatic rings. The van der Waals surface area contributed by atoms with Gasteiger partial charge in [0.15, 0.2) is 0 Å². The molecule has 0 atom stereocenters. The number of rotatable bonds is 3. The third kappa shape index (κ3) is 7.74. The van der Waals surface area contributed by atoms with Crippen LogP contribution >= 0.6 is 0 Å². The summed E-state index contributed by atoms with van der Waals surface area (Å²) in [5.41, 5.74) is 1.38. The van der Waals surface area contributed by atoms with Crippen molar-refractivity contribution in [3.63, 3.8) is 0 Å². The number of hydrogen-bond acceptors (Lipinski definition) is 0. The zero-order chi connectivity index (χ0) is 7.28. The van der Waals surface area contributed by atoms with Gasteiger partial charge in [0.1, 0.15) is 0 Å². The molecule has 53 valence electrons. The summed E-state index contributed by atoms with van der Waals surface area (Å²) in [5, 5.41) is 0. The van der Waals surface area contributed by atoms with E-state index in [9.17, 15) is 0 Å². The Balaban J connectivity index is 3.20. The van der Waals surface area contributed by atoms with Crippen LogP contribution < -0.4 is 0 Å². The molecule has 0 spiro atoms. The van der Waals surface area contributed by atoms with E-state index in [4.69, 9.17) is 0 Å². The Morgan fingerprint density at radius 1 is 1.33 bits per heavy atom. The van der Waals surface area contributed by atoms with Crippen molar-refractivity contribution in [1.82, 2.24) is 0 Å². The Bertz CT molecular complexity index is 84.2. The second-order valence-electron chi connectivity index (χ2n) is 3.11. The summed E-state index contributed by atoms with van der Waals surface area (Å²) in [4.78, 5) is 0. The van der Waals surface area contributed by atoms with Gasteiger partial charge < -0.3 is 0 Å². The minimum Gasteiger partial charge on any atom is -0.0822 e. The van der Waals surface area contributed by atoms with Gasteiger partial charge in [-0.15, -0.1) is 0 Å². The van der Waals surface area contributed by atoms with Crippen molar-refractivity contribution < 1.29 is 0 Å². The molecule has 0 heterocycles. The fraction of sp³-hybridized carbons (Fsp3) is 0.667. The molecule has 0 heteroatoms.